The number of anilines is 1. The third kappa shape index (κ3) is 4.39. The molecule has 1 aliphatic rings. The van der Waals surface area contributed by atoms with E-state index in [9.17, 15) is 13.2 Å². The molecule has 0 unspecified atom stereocenters. The van der Waals surface area contributed by atoms with Gasteiger partial charge in [0.05, 0.1) is 10.9 Å². The molecule has 0 bridgehead atoms. The summed E-state index contributed by atoms with van der Waals surface area (Å²) in [6, 6.07) is 12.4. The molecule has 1 amide bonds. The van der Waals surface area contributed by atoms with Crippen LogP contribution >= 0.6 is 11.3 Å². The molecule has 0 spiro atoms. The van der Waals surface area contributed by atoms with Crippen LogP contribution in [0.5, 0.6) is 0 Å². The Balaban J connectivity index is 1.56. The van der Waals surface area contributed by atoms with E-state index in [1.165, 1.54) is 4.31 Å². The molecule has 0 radical (unpaired) electrons. The summed E-state index contributed by atoms with van der Waals surface area (Å²) in [6.45, 7) is 6.14. The van der Waals surface area contributed by atoms with Crippen molar-refractivity contribution in [3.63, 3.8) is 0 Å². The van der Waals surface area contributed by atoms with Crippen LogP contribution in [0.4, 0.5) is 5.69 Å². The van der Waals surface area contributed by atoms with Crippen LogP contribution in [-0.2, 0) is 10.0 Å². The number of carbonyl (C=O) groups is 1. The number of rotatable bonds is 5. The first-order chi connectivity index (χ1) is 14.8. The summed E-state index contributed by atoms with van der Waals surface area (Å²) in [5, 5.41) is 11.8. The fourth-order valence-electron chi connectivity index (χ4n) is 3.77. The van der Waals surface area contributed by atoms with Crippen molar-refractivity contribution in [1.29, 1.82) is 0 Å². The first-order valence-electron chi connectivity index (χ1n) is 10.1. The van der Waals surface area contributed by atoms with Crippen molar-refractivity contribution >= 4 is 33.0 Å². The van der Waals surface area contributed by atoms with Crippen molar-refractivity contribution in [1.82, 2.24) is 14.5 Å². The SMILES string of the molecule is Cc1ccc(NC(=O)c2nnc([C@H]3CCCN3S(=O)(=O)c3ccc(C)cc3C)s2)cc1. The molecule has 162 valence electrons. The molecule has 7 nitrogen and oxygen atoms in total. The number of benzene rings is 2. The van der Waals surface area contributed by atoms with Crippen LogP contribution in [0.25, 0.3) is 0 Å². The van der Waals surface area contributed by atoms with Gasteiger partial charge in [-0.25, -0.2) is 8.42 Å². The molecule has 1 saturated heterocycles. The summed E-state index contributed by atoms with van der Waals surface area (Å²) in [7, 11) is -3.68. The molecule has 4 rings (SSSR count). The Bertz CT molecular complexity index is 1220. The lowest BCUT2D eigenvalue weighted by Crippen LogP contribution is -2.31. The minimum atomic E-state index is -3.68. The molecule has 9 heteroatoms. The van der Waals surface area contributed by atoms with E-state index in [4.69, 9.17) is 0 Å². The monoisotopic (exact) mass is 456 g/mol. The molecule has 1 aliphatic heterocycles. The Hall–Kier alpha value is -2.62. The largest absolute Gasteiger partial charge is 0.320 e. The van der Waals surface area contributed by atoms with Gasteiger partial charge in [-0.2, -0.15) is 4.31 Å². The zero-order valence-corrected chi connectivity index (χ0v) is 19.3. The molecule has 31 heavy (non-hydrogen) atoms. The van der Waals surface area contributed by atoms with Crippen molar-refractivity contribution < 1.29 is 13.2 Å². The van der Waals surface area contributed by atoms with E-state index in [2.05, 4.69) is 15.5 Å². The minimum Gasteiger partial charge on any atom is -0.320 e. The van der Waals surface area contributed by atoms with Crippen LogP contribution < -0.4 is 5.32 Å². The highest BCUT2D eigenvalue weighted by atomic mass is 32.2. The lowest BCUT2D eigenvalue weighted by atomic mass is 10.2. The maximum atomic E-state index is 13.4. The number of aromatic nitrogens is 2. The Kier molecular flexibility index (Phi) is 5.92. The molecule has 1 fully saturated rings. The quantitative estimate of drug-likeness (QED) is 0.620. The fraction of sp³-hybridized carbons (Fsp3) is 0.318. The van der Waals surface area contributed by atoms with Gasteiger partial charge in [0.2, 0.25) is 15.0 Å². The number of nitrogens with zero attached hydrogens (tertiary/aromatic N) is 3. The predicted octanol–water partition coefficient (Wildman–Crippen LogP) is 4.24. The van der Waals surface area contributed by atoms with E-state index < -0.39 is 16.1 Å². The highest BCUT2D eigenvalue weighted by molar-refractivity contribution is 7.89. The number of hydrogen-bond donors (Lipinski definition) is 1. The highest BCUT2D eigenvalue weighted by Crippen LogP contribution is 2.38. The summed E-state index contributed by atoms with van der Waals surface area (Å²) in [5.41, 5.74) is 3.51. The van der Waals surface area contributed by atoms with Crippen LogP contribution in [0.3, 0.4) is 0 Å². The van der Waals surface area contributed by atoms with Crippen LogP contribution in [0, 0.1) is 20.8 Å². The zero-order chi connectivity index (χ0) is 22.2. The van der Waals surface area contributed by atoms with Gasteiger partial charge in [-0.05, 0) is 57.4 Å². The predicted molar refractivity (Wildman–Crippen MR) is 121 cm³/mol. The average molecular weight is 457 g/mol. The second kappa shape index (κ2) is 8.49. The molecule has 3 aromatic rings. The van der Waals surface area contributed by atoms with Crippen molar-refractivity contribution in [3.8, 4) is 0 Å². The molecular weight excluding hydrogens is 432 g/mol. The van der Waals surface area contributed by atoms with E-state index in [1.54, 1.807) is 6.07 Å². The Morgan fingerprint density at radius 3 is 2.48 bits per heavy atom. The first kappa shape index (κ1) is 21.6. The summed E-state index contributed by atoms with van der Waals surface area (Å²) in [4.78, 5) is 12.9. The third-order valence-corrected chi connectivity index (χ3v) is 8.44. The normalized spacial score (nSPS) is 17.1. The van der Waals surface area contributed by atoms with Crippen molar-refractivity contribution in [2.24, 2.45) is 0 Å². The molecule has 1 aromatic heterocycles. The topological polar surface area (TPSA) is 92.3 Å². The van der Waals surface area contributed by atoms with Crippen molar-refractivity contribution in [2.45, 2.75) is 44.6 Å². The molecule has 1 atom stereocenters. The molecule has 1 N–H and O–H groups in total. The maximum absolute atomic E-state index is 13.4. The summed E-state index contributed by atoms with van der Waals surface area (Å²) in [5.74, 6) is -0.352. The summed E-state index contributed by atoms with van der Waals surface area (Å²) >= 11 is 1.14. The van der Waals surface area contributed by atoms with Crippen molar-refractivity contribution in [2.75, 3.05) is 11.9 Å². The Morgan fingerprint density at radius 2 is 1.77 bits per heavy atom. The van der Waals surface area contributed by atoms with Gasteiger partial charge in [0.1, 0.15) is 5.01 Å². The second-order valence-corrected chi connectivity index (χ2v) is 10.7. The number of sulfonamides is 1. The molecular formula is C22H24N4O3S2. The van der Waals surface area contributed by atoms with E-state index in [0.29, 0.717) is 28.6 Å². The first-order valence-corrected chi connectivity index (χ1v) is 12.3. The molecule has 0 aliphatic carbocycles. The van der Waals surface area contributed by atoms with Gasteiger partial charge in [0.25, 0.3) is 5.91 Å². The van der Waals surface area contributed by atoms with Gasteiger partial charge in [-0.3, -0.25) is 4.79 Å². The highest BCUT2D eigenvalue weighted by Gasteiger charge is 2.39. The van der Waals surface area contributed by atoms with Crippen LogP contribution in [-0.4, -0.2) is 35.4 Å². The van der Waals surface area contributed by atoms with E-state index in [0.717, 1.165) is 34.4 Å². The number of nitrogens with one attached hydrogen (secondary N) is 1. The van der Waals surface area contributed by atoms with E-state index in [1.807, 2.05) is 57.2 Å². The van der Waals surface area contributed by atoms with Crippen LogP contribution in [0.1, 0.15) is 50.4 Å². The lowest BCUT2D eigenvalue weighted by molar-refractivity contribution is 0.102. The zero-order valence-electron chi connectivity index (χ0n) is 17.6. The summed E-state index contributed by atoms with van der Waals surface area (Å²) in [6.07, 6.45) is 1.39. The van der Waals surface area contributed by atoms with Gasteiger partial charge in [0.15, 0.2) is 0 Å². The van der Waals surface area contributed by atoms with E-state index >= 15 is 0 Å². The average Bonchev–Trinajstić information content (AvgIpc) is 3.39. The number of aryl methyl sites for hydroxylation is 3. The Morgan fingerprint density at radius 1 is 1.06 bits per heavy atom. The smallest absolute Gasteiger partial charge is 0.286 e. The van der Waals surface area contributed by atoms with Gasteiger partial charge in [0, 0.05) is 12.2 Å². The van der Waals surface area contributed by atoms with Crippen LogP contribution in [0.15, 0.2) is 47.4 Å². The number of carbonyl (C=O) groups excluding carboxylic acids is 1. The van der Waals surface area contributed by atoms with Gasteiger partial charge >= 0.3 is 0 Å². The standard InChI is InChI=1S/C22H24N4O3S2/c1-14-6-9-17(10-7-14)23-20(27)22-25-24-21(30-22)18-5-4-12-26(18)31(28,29)19-11-8-15(2)13-16(19)3/h6-11,13,18H,4-5,12H2,1-3H3,(H,23,27)/t18-/m1/s1. The van der Waals surface area contributed by atoms with Gasteiger partial charge in [-0.1, -0.05) is 46.7 Å². The minimum absolute atomic E-state index is 0.214. The second-order valence-electron chi connectivity index (χ2n) is 7.81. The summed E-state index contributed by atoms with van der Waals surface area (Å²) < 4.78 is 28.2. The van der Waals surface area contributed by atoms with Crippen molar-refractivity contribution in [3.05, 3.63) is 69.2 Å². The lowest BCUT2D eigenvalue weighted by Gasteiger charge is -2.23. The molecule has 2 heterocycles. The fourth-order valence-corrected chi connectivity index (χ4v) is 6.59. The van der Waals surface area contributed by atoms with E-state index in [-0.39, 0.29) is 10.9 Å². The van der Waals surface area contributed by atoms with Crippen LogP contribution in [0.2, 0.25) is 0 Å². The number of hydrogen-bond acceptors (Lipinski definition) is 6. The van der Waals surface area contributed by atoms with Gasteiger partial charge in [-0.15, -0.1) is 10.2 Å². The maximum Gasteiger partial charge on any atom is 0.286 e. The number of amides is 1. The molecule has 2 aromatic carbocycles. The van der Waals surface area contributed by atoms with Gasteiger partial charge < -0.3 is 5.32 Å². The molecule has 0 saturated carbocycles. The Labute approximate surface area is 186 Å². The third-order valence-electron chi connectivity index (χ3n) is 5.35.